The van der Waals surface area contributed by atoms with Gasteiger partial charge in [0, 0.05) is 147 Å². The van der Waals surface area contributed by atoms with Crippen LogP contribution in [0, 0.1) is 54.8 Å². The van der Waals surface area contributed by atoms with Gasteiger partial charge in [0.05, 0.1) is 36.4 Å². The van der Waals surface area contributed by atoms with Crippen LogP contribution in [0.15, 0.2) is 146 Å². The molecule has 6 aromatic carbocycles. The van der Waals surface area contributed by atoms with E-state index in [0.29, 0.717) is 105 Å². The number of hydrazine groups is 3. The average molecular weight is 1650 g/mol. The number of aliphatic hydroxyl groups is 3. The van der Waals surface area contributed by atoms with E-state index in [2.05, 4.69) is 50.0 Å². The molecule has 0 aliphatic carbocycles. The lowest BCUT2D eigenvalue weighted by Crippen LogP contribution is -2.54. The quantitative estimate of drug-likeness (QED) is 0.0127. The molecule has 9 amide bonds. The maximum atomic E-state index is 13.6. The molecule has 24 nitrogen and oxygen atoms in total. The molecule has 0 bridgehead atoms. The topological polar surface area (TPSA) is 306 Å². The van der Waals surface area contributed by atoms with Crippen molar-refractivity contribution in [3.05, 3.63) is 212 Å². The van der Waals surface area contributed by atoms with Crippen LogP contribution < -0.4 is 32.2 Å². The minimum absolute atomic E-state index is 0.0906. The fourth-order valence-electron chi connectivity index (χ4n) is 13.0. The summed E-state index contributed by atoms with van der Waals surface area (Å²) in [6.45, 7) is 31.7. The third-order valence-corrected chi connectivity index (χ3v) is 19.4. The van der Waals surface area contributed by atoms with E-state index in [0.717, 1.165) is 61.6 Å². The highest BCUT2D eigenvalue weighted by molar-refractivity contribution is 6.02. The summed E-state index contributed by atoms with van der Waals surface area (Å²) in [5.74, 6) is 4.70. The Labute approximate surface area is 713 Å². The number of carbonyl (C=O) groups is 9. The van der Waals surface area contributed by atoms with E-state index in [1.54, 1.807) is 128 Å². The third kappa shape index (κ3) is 34.7. The number of carbonyl (C=O) groups excluding carboxylic acids is 9. The molecule has 0 spiro atoms. The average Bonchev–Trinajstić information content (AvgIpc) is 0.828. The van der Waals surface area contributed by atoms with E-state index in [4.69, 9.17) is 19.3 Å². The van der Waals surface area contributed by atoms with Crippen molar-refractivity contribution in [1.29, 1.82) is 0 Å². The van der Waals surface area contributed by atoms with E-state index in [1.807, 2.05) is 146 Å². The monoisotopic (exact) mass is 1650 g/mol. The Morgan fingerprint density at radius 1 is 0.342 bits per heavy atom. The molecule has 0 saturated heterocycles. The van der Waals surface area contributed by atoms with Gasteiger partial charge in [0.1, 0.15) is 0 Å². The lowest BCUT2D eigenvalue weighted by molar-refractivity contribution is -0.130. The standard InChI is InChI=1S/C33H46N4O4.C32H44N4O4.C31H42N4O4/c1-7-16-36(17-8-2)33(41)28-20-25(10-4)19-27(22-28)32(40)34-29(21-26-14-12-11-13-15-26)30(38)23-37(18-9-3)35-31(39)24(5)6;1-7-16-35(17-8-2)32(40)27-19-24(9-3)18-26(21-27)31(39)33-28(20-25-14-12-11-13-15-25)29(37)22-36(10-4)34-30(38)23(5)6;1-7-15-35(16-8-2)31(39)26-18-23(9-3)17-25(20-26)30(38)32-27(19-24-13-11-10-12-14-24)28(36)21-34(6)33-29(37)22(4)5/h4,11-15,19-20,22,24,29-30,38H,7-9,16-18,21,23H2,1-3,5-6H3,(H,34,40)(H,35,39);3,11-15,18-19,21,23,28-29,37H,7-8,10,16-17,20,22H2,1-2,4-6H3,(H,33,39)(H,34,38);3,10-14,17-18,20,22,27-28,36H,7-8,15-16,19,21H2,1-2,4-6H3,(H,32,38)(H,33,37). The summed E-state index contributed by atoms with van der Waals surface area (Å²) in [6.07, 6.45) is 20.8. The number of nitrogens with one attached hydrogen (secondary N) is 6. The van der Waals surface area contributed by atoms with Crippen LogP contribution in [0.25, 0.3) is 0 Å². The van der Waals surface area contributed by atoms with Crippen LogP contribution >= 0.6 is 0 Å². The molecule has 6 rings (SSSR count). The maximum absolute atomic E-state index is 13.6. The van der Waals surface area contributed by atoms with Crippen molar-refractivity contribution in [3.8, 4) is 37.0 Å². The highest BCUT2D eigenvalue weighted by Crippen LogP contribution is 2.21. The first-order valence-electron chi connectivity index (χ1n) is 42.3. The van der Waals surface area contributed by atoms with E-state index < -0.39 is 54.2 Å². The van der Waals surface area contributed by atoms with Crippen molar-refractivity contribution in [2.45, 2.75) is 198 Å². The van der Waals surface area contributed by atoms with Gasteiger partial charge in [-0.1, -0.05) is 206 Å². The van der Waals surface area contributed by atoms with Gasteiger partial charge >= 0.3 is 0 Å². The lowest BCUT2D eigenvalue weighted by atomic mass is 9.99. The molecule has 6 atom stereocenters. The van der Waals surface area contributed by atoms with Gasteiger partial charge < -0.3 is 46.0 Å². The van der Waals surface area contributed by atoms with Crippen molar-refractivity contribution in [2.75, 3.05) is 79.0 Å². The Morgan fingerprint density at radius 3 is 0.850 bits per heavy atom. The van der Waals surface area contributed by atoms with Crippen molar-refractivity contribution in [2.24, 2.45) is 17.8 Å². The van der Waals surface area contributed by atoms with Crippen LogP contribution in [0.3, 0.4) is 0 Å². The molecular formula is C96H132N12O12. The number of rotatable bonds is 45. The SMILES string of the molecule is C#Cc1cc(C(=O)NC(Cc2ccccc2)C(O)CN(C)NC(=O)C(C)C)cc(C(=O)N(CCC)CCC)c1.C#Cc1cc(C(=O)NC(Cc2ccccc2)C(O)CN(CC)NC(=O)C(C)C)cc(C(=O)N(CCC)CCC)c1.C#Cc1cc(C(=O)NC(Cc2ccccc2)C(O)CN(CCC)NC(=O)C(C)C)cc(C(=O)N(CCC)CCC)c1. The molecule has 0 heterocycles. The smallest absolute Gasteiger partial charge is 0.253 e. The molecule has 24 heteroatoms. The van der Waals surface area contributed by atoms with E-state index in [1.165, 1.54) is 5.01 Å². The number of terminal acetylenes is 3. The normalized spacial score (nSPS) is 12.5. The Morgan fingerprint density at radius 2 is 0.592 bits per heavy atom. The second-order valence-corrected chi connectivity index (χ2v) is 31.0. The maximum Gasteiger partial charge on any atom is 0.253 e. The molecule has 120 heavy (non-hydrogen) atoms. The van der Waals surface area contributed by atoms with E-state index in [-0.39, 0.29) is 89.5 Å². The molecule has 9 N–H and O–H groups in total. The second-order valence-electron chi connectivity index (χ2n) is 31.0. The highest BCUT2D eigenvalue weighted by atomic mass is 16.3. The fraction of sp³-hybridized carbons (Fsp3) is 0.469. The van der Waals surface area contributed by atoms with Gasteiger partial charge in [0.25, 0.3) is 35.4 Å². The van der Waals surface area contributed by atoms with Gasteiger partial charge in [-0.3, -0.25) is 59.4 Å². The molecule has 0 saturated carbocycles. The summed E-state index contributed by atoms with van der Waals surface area (Å²) in [5, 5.41) is 47.5. The minimum Gasteiger partial charge on any atom is -0.390 e. The molecule has 6 unspecified atom stereocenters. The molecule has 0 fully saturated rings. The Hall–Kier alpha value is -11.0. The van der Waals surface area contributed by atoms with Crippen LogP contribution in [0.4, 0.5) is 0 Å². The predicted molar refractivity (Wildman–Crippen MR) is 475 cm³/mol. The minimum atomic E-state index is -1.01. The molecule has 0 radical (unpaired) electrons. The Bertz CT molecular complexity index is 4330. The van der Waals surface area contributed by atoms with Crippen molar-refractivity contribution >= 4 is 53.2 Å². The van der Waals surface area contributed by atoms with Gasteiger partial charge in [-0.15, -0.1) is 19.3 Å². The number of amides is 9. The highest BCUT2D eigenvalue weighted by Gasteiger charge is 2.31. The third-order valence-electron chi connectivity index (χ3n) is 19.4. The molecule has 0 aliphatic rings. The summed E-state index contributed by atoms with van der Waals surface area (Å²) in [5.41, 5.74) is 14.3. The molecule has 6 aromatic rings. The Kier molecular flexibility index (Phi) is 45.8. The molecular weight excluding hydrogens is 1510 g/mol. The van der Waals surface area contributed by atoms with Crippen LogP contribution in [0.2, 0.25) is 0 Å². The van der Waals surface area contributed by atoms with E-state index in [9.17, 15) is 58.5 Å². The number of nitrogens with zero attached hydrogens (tertiary/aromatic N) is 6. The number of aliphatic hydroxyl groups excluding tert-OH is 3. The van der Waals surface area contributed by atoms with Crippen molar-refractivity contribution in [1.82, 2.24) is 62.0 Å². The number of likely N-dealkylation sites (N-methyl/N-ethyl adjacent to an activating group) is 2. The first-order valence-corrected chi connectivity index (χ1v) is 42.3. The first kappa shape index (κ1) is 101. The van der Waals surface area contributed by atoms with Gasteiger partial charge in [-0.25, -0.2) is 15.0 Å². The van der Waals surface area contributed by atoms with Crippen molar-refractivity contribution < 1.29 is 58.5 Å². The van der Waals surface area contributed by atoms with Crippen LogP contribution in [0.1, 0.15) is 237 Å². The number of hydrogen-bond acceptors (Lipinski definition) is 15. The zero-order valence-electron chi connectivity index (χ0n) is 73.3. The first-order chi connectivity index (χ1) is 57.3. The van der Waals surface area contributed by atoms with Gasteiger partial charge in [-0.2, -0.15) is 0 Å². The summed E-state index contributed by atoms with van der Waals surface area (Å²) in [4.78, 5) is 122. The van der Waals surface area contributed by atoms with Gasteiger partial charge in [0.15, 0.2) is 0 Å². The lowest BCUT2D eigenvalue weighted by Gasteiger charge is -2.31. The predicted octanol–water partition coefficient (Wildman–Crippen LogP) is 10.9. The number of hydrogen-bond donors (Lipinski definition) is 9. The Balaban J connectivity index is 0.000000378. The largest absolute Gasteiger partial charge is 0.390 e. The molecule has 0 aromatic heterocycles. The van der Waals surface area contributed by atoms with Crippen LogP contribution in [-0.2, 0) is 33.6 Å². The molecule has 648 valence electrons. The summed E-state index contributed by atoms with van der Waals surface area (Å²) < 4.78 is 0. The van der Waals surface area contributed by atoms with E-state index >= 15 is 0 Å². The summed E-state index contributed by atoms with van der Waals surface area (Å²) >= 11 is 0. The van der Waals surface area contributed by atoms with Crippen molar-refractivity contribution in [3.63, 3.8) is 0 Å². The summed E-state index contributed by atoms with van der Waals surface area (Å²) in [6, 6.07) is 40.9. The zero-order chi connectivity index (χ0) is 89.0. The molecule has 0 aliphatic heterocycles. The van der Waals surface area contributed by atoms with Crippen LogP contribution in [-0.4, -0.2) is 214 Å². The summed E-state index contributed by atoms with van der Waals surface area (Å²) in [7, 11) is 1.66. The van der Waals surface area contributed by atoms with Gasteiger partial charge in [-0.05, 0) is 135 Å². The van der Waals surface area contributed by atoms with Crippen LogP contribution in [0.5, 0.6) is 0 Å². The second kappa shape index (κ2) is 54.2. The zero-order valence-corrected chi connectivity index (χ0v) is 73.3. The van der Waals surface area contributed by atoms with Gasteiger partial charge in [0.2, 0.25) is 17.7 Å². The number of benzene rings is 6. The fourth-order valence-corrected chi connectivity index (χ4v) is 13.0.